The number of nitrogens with zero attached hydrogens (tertiary/aromatic N) is 7. The number of rotatable bonds is 3. The molecule has 138 valence electrons. The molecule has 27 heavy (non-hydrogen) atoms. The lowest BCUT2D eigenvalue weighted by atomic mass is 10.1. The van der Waals surface area contributed by atoms with Gasteiger partial charge in [0.15, 0.2) is 5.82 Å². The van der Waals surface area contributed by atoms with Gasteiger partial charge in [0.05, 0.1) is 22.8 Å². The van der Waals surface area contributed by atoms with Crippen molar-refractivity contribution in [1.82, 2.24) is 29.9 Å². The maximum Gasteiger partial charge on any atom is 0.175 e. The van der Waals surface area contributed by atoms with Gasteiger partial charge in [-0.2, -0.15) is 10.4 Å². The number of anilines is 1. The van der Waals surface area contributed by atoms with E-state index < -0.39 is 0 Å². The van der Waals surface area contributed by atoms with Crippen molar-refractivity contribution in [2.45, 2.75) is 25.8 Å². The summed E-state index contributed by atoms with van der Waals surface area (Å²) in [6.45, 7) is 4.05. The molecule has 0 bridgehead atoms. The fourth-order valence-corrected chi connectivity index (χ4v) is 3.73. The fraction of sp³-hybridized carbons (Fsp3) is 0.421. The van der Waals surface area contributed by atoms with Crippen molar-refractivity contribution in [3.63, 3.8) is 0 Å². The van der Waals surface area contributed by atoms with Crippen LogP contribution in [0.3, 0.4) is 0 Å². The molecule has 1 N–H and O–H groups in total. The third-order valence-corrected chi connectivity index (χ3v) is 5.07. The van der Waals surface area contributed by atoms with Crippen LogP contribution in [-0.2, 0) is 7.05 Å². The van der Waals surface area contributed by atoms with E-state index in [2.05, 4.69) is 43.6 Å². The van der Waals surface area contributed by atoms with Gasteiger partial charge in [-0.25, -0.2) is 0 Å². The lowest BCUT2D eigenvalue weighted by Gasteiger charge is -2.30. The molecule has 0 unspecified atom stereocenters. The van der Waals surface area contributed by atoms with Gasteiger partial charge < -0.3 is 10.2 Å². The Morgan fingerprint density at radius 2 is 2.07 bits per heavy atom. The smallest absolute Gasteiger partial charge is 0.175 e. The van der Waals surface area contributed by atoms with Gasteiger partial charge in [-0.05, 0) is 45.0 Å². The van der Waals surface area contributed by atoms with E-state index in [4.69, 9.17) is 5.26 Å². The predicted molar refractivity (Wildman–Crippen MR) is 103 cm³/mol. The number of nitrogens with one attached hydrogen (secondary N) is 1. The first-order valence-electron chi connectivity index (χ1n) is 9.07. The quantitative estimate of drug-likeness (QED) is 0.762. The first-order chi connectivity index (χ1) is 13.1. The number of nitriles is 1. The Morgan fingerprint density at radius 1 is 1.22 bits per heavy atom. The molecule has 1 atom stereocenters. The molecule has 0 radical (unpaired) electrons. The molecule has 0 saturated carbocycles. The number of piperidine rings is 1. The molecule has 1 aliphatic heterocycles. The highest BCUT2D eigenvalue weighted by molar-refractivity contribution is 5.97. The van der Waals surface area contributed by atoms with Gasteiger partial charge in [0.2, 0.25) is 0 Å². The van der Waals surface area contributed by atoms with Crippen LogP contribution >= 0.6 is 0 Å². The zero-order valence-electron chi connectivity index (χ0n) is 15.8. The molecule has 0 aliphatic carbocycles. The summed E-state index contributed by atoms with van der Waals surface area (Å²) in [5.41, 5.74) is 3.75. The van der Waals surface area contributed by atoms with Crippen molar-refractivity contribution in [2.75, 3.05) is 25.5 Å². The second-order valence-electron chi connectivity index (χ2n) is 7.17. The van der Waals surface area contributed by atoms with E-state index in [1.165, 1.54) is 6.42 Å². The lowest BCUT2D eigenvalue weighted by molar-refractivity contribution is 0.261. The number of fused-ring (bicyclic) bond motifs is 1. The van der Waals surface area contributed by atoms with E-state index >= 15 is 0 Å². The van der Waals surface area contributed by atoms with Crippen LogP contribution in [0.5, 0.6) is 0 Å². The molecule has 8 nitrogen and oxygen atoms in total. The fourth-order valence-electron chi connectivity index (χ4n) is 3.73. The van der Waals surface area contributed by atoms with E-state index in [0.717, 1.165) is 47.5 Å². The minimum absolute atomic E-state index is 0.344. The van der Waals surface area contributed by atoms with Crippen LogP contribution in [0.1, 0.15) is 24.0 Å². The van der Waals surface area contributed by atoms with Gasteiger partial charge in [-0.15, -0.1) is 10.2 Å². The van der Waals surface area contributed by atoms with E-state index in [-0.39, 0.29) is 0 Å². The summed E-state index contributed by atoms with van der Waals surface area (Å²) in [4.78, 5) is 6.77. The van der Waals surface area contributed by atoms with Gasteiger partial charge in [0, 0.05) is 25.8 Å². The van der Waals surface area contributed by atoms with E-state index in [0.29, 0.717) is 17.3 Å². The largest absolute Gasteiger partial charge is 0.363 e. The highest BCUT2D eigenvalue weighted by atomic mass is 15.3. The Bertz CT molecular complexity index is 1030. The number of aryl methyl sites for hydroxylation is 2. The molecule has 0 aromatic carbocycles. The molecule has 0 amide bonds. The second kappa shape index (κ2) is 6.93. The minimum atomic E-state index is 0.344. The molecule has 8 heteroatoms. The standard InChI is InChI=1S/C19H22N8/c1-12-7-13(8-20)9-21-16(12)17-15-10-22-27(3)18(15)19(25-24-17)23-14-5-4-6-26(2)11-14/h7,9-10,14H,4-6,11H2,1-3H3,(H,23,25)/t14-/m1/s1. The van der Waals surface area contributed by atoms with Crippen molar-refractivity contribution in [3.05, 3.63) is 29.6 Å². The summed E-state index contributed by atoms with van der Waals surface area (Å²) < 4.78 is 1.82. The normalized spacial score (nSPS) is 17.8. The van der Waals surface area contributed by atoms with Crippen LogP contribution in [0.15, 0.2) is 18.5 Å². The van der Waals surface area contributed by atoms with Gasteiger partial charge in [0.25, 0.3) is 0 Å². The molecule has 1 fully saturated rings. The van der Waals surface area contributed by atoms with Crippen molar-refractivity contribution in [2.24, 2.45) is 7.05 Å². The lowest BCUT2D eigenvalue weighted by Crippen LogP contribution is -2.40. The molecule has 1 saturated heterocycles. The Balaban J connectivity index is 1.76. The van der Waals surface area contributed by atoms with Crippen LogP contribution < -0.4 is 5.32 Å². The second-order valence-corrected chi connectivity index (χ2v) is 7.17. The summed E-state index contributed by atoms with van der Waals surface area (Å²) in [5.74, 6) is 0.750. The number of hydrogen-bond acceptors (Lipinski definition) is 7. The molecule has 3 aromatic heterocycles. The van der Waals surface area contributed by atoms with Crippen LogP contribution in [0, 0.1) is 18.3 Å². The van der Waals surface area contributed by atoms with Crippen LogP contribution in [0.2, 0.25) is 0 Å². The van der Waals surface area contributed by atoms with Gasteiger partial charge >= 0.3 is 0 Å². The first-order valence-corrected chi connectivity index (χ1v) is 9.07. The van der Waals surface area contributed by atoms with Gasteiger partial charge in [-0.1, -0.05) is 0 Å². The third kappa shape index (κ3) is 3.22. The Labute approximate surface area is 157 Å². The molecule has 3 aromatic rings. The minimum Gasteiger partial charge on any atom is -0.363 e. The summed E-state index contributed by atoms with van der Waals surface area (Å²) in [7, 11) is 4.05. The van der Waals surface area contributed by atoms with Gasteiger partial charge in [0.1, 0.15) is 17.3 Å². The van der Waals surface area contributed by atoms with E-state index in [1.807, 2.05) is 24.7 Å². The molecular weight excluding hydrogens is 340 g/mol. The maximum absolute atomic E-state index is 9.07. The highest BCUT2D eigenvalue weighted by Gasteiger charge is 2.22. The number of pyridine rings is 1. The monoisotopic (exact) mass is 362 g/mol. The summed E-state index contributed by atoms with van der Waals surface area (Å²) in [6.07, 6.45) is 5.65. The van der Waals surface area contributed by atoms with Crippen molar-refractivity contribution >= 4 is 16.7 Å². The number of aromatic nitrogens is 5. The highest BCUT2D eigenvalue weighted by Crippen LogP contribution is 2.30. The van der Waals surface area contributed by atoms with Crippen LogP contribution in [-0.4, -0.2) is 56.0 Å². The molecular formula is C19H22N8. The average Bonchev–Trinajstić information content (AvgIpc) is 3.05. The number of likely N-dealkylation sites (tertiary alicyclic amines) is 1. The first kappa shape index (κ1) is 17.4. The Hall–Kier alpha value is -3.05. The zero-order valence-corrected chi connectivity index (χ0v) is 15.8. The maximum atomic E-state index is 9.07. The molecule has 4 rings (SSSR count). The van der Waals surface area contributed by atoms with Crippen LogP contribution in [0.4, 0.5) is 5.82 Å². The number of hydrogen-bond donors (Lipinski definition) is 1. The molecule has 0 spiro atoms. The predicted octanol–water partition coefficient (Wildman–Crippen LogP) is 2.11. The summed E-state index contributed by atoms with van der Waals surface area (Å²) in [6, 6.07) is 4.28. The number of likely N-dealkylation sites (N-methyl/N-ethyl adjacent to an activating group) is 1. The van der Waals surface area contributed by atoms with Crippen molar-refractivity contribution in [1.29, 1.82) is 5.26 Å². The summed E-state index contributed by atoms with van der Waals surface area (Å²) in [5, 5.41) is 26.9. The molecule has 1 aliphatic rings. The van der Waals surface area contributed by atoms with Gasteiger partial charge in [-0.3, -0.25) is 9.67 Å². The van der Waals surface area contributed by atoms with Crippen molar-refractivity contribution in [3.8, 4) is 17.5 Å². The topological polar surface area (TPSA) is 95.5 Å². The molecule has 4 heterocycles. The van der Waals surface area contributed by atoms with E-state index in [1.54, 1.807) is 12.4 Å². The van der Waals surface area contributed by atoms with Crippen LogP contribution in [0.25, 0.3) is 22.3 Å². The van der Waals surface area contributed by atoms with E-state index in [9.17, 15) is 0 Å². The zero-order chi connectivity index (χ0) is 19.0. The SMILES string of the molecule is Cc1cc(C#N)cnc1-c1nnc(N[C@@H]2CCCN(C)C2)c2c1cnn2C. The Morgan fingerprint density at radius 3 is 2.81 bits per heavy atom. The third-order valence-electron chi connectivity index (χ3n) is 5.07. The Kier molecular flexibility index (Phi) is 4.46. The van der Waals surface area contributed by atoms with Crippen molar-refractivity contribution < 1.29 is 0 Å². The average molecular weight is 362 g/mol. The summed E-state index contributed by atoms with van der Waals surface area (Å²) >= 11 is 0.